The molecule has 4 rings (SSSR count). The number of rotatable bonds is 4. The zero-order valence-electron chi connectivity index (χ0n) is 17.0. The summed E-state index contributed by atoms with van der Waals surface area (Å²) in [6.45, 7) is 3.20. The minimum atomic E-state index is -0.141. The highest BCUT2D eigenvalue weighted by Gasteiger charge is 2.26. The number of amides is 3. The van der Waals surface area contributed by atoms with Crippen molar-refractivity contribution in [3.63, 3.8) is 0 Å². The van der Waals surface area contributed by atoms with Crippen LogP contribution in [0.2, 0.25) is 10.0 Å². The molecule has 0 spiro atoms. The lowest BCUT2D eigenvalue weighted by molar-refractivity contribution is -0.128. The third kappa shape index (κ3) is 5.02. The Morgan fingerprint density at radius 3 is 1.84 bits per heavy atom. The Morgan fingerprint density at radius 1 is 0.774 bits per heavy atom. The number of carbonyl (C=O) groups excluding carboxylic acids is 3. The van der Waals surface area contributed by atoms with Gasteiger partial charge in [0.1, 0.15) is 0 Å². The third-order valence-corrected chi connectivity index (χ3v) is 6.15. The molecular formula is C23H23Cl2N3O3. The predicted molar refractivity (Wildman–Crippen MR) is 119 cm³/mol. The number of nitrogens with zero attached hydrogens (tertiary/aromatic N) is 3. The quantitative estimate of drug-likeness (QED) is 0.699. The summed E-state index contributed by atoms with van der Waals surface area (Å²) in [5.41, 5.74) is 2.07. The van der Waals surface area contributed by atoms with Gasteiger partial charge < -0.3 is 14.7 Å². The standard InChI is InChI=1S/C23H23Cl2N3O3/c24-19-12-18(13-20(25)14-19)23(31)27-10-8-26(9-11-27)22(30)17-5-3-16(4-6-17)15-28-7-1-2-21(28)29/h3-6,12-14H,1-2,7-11,15H2. The number of halogens is 2. The Morgan fingerprint density at radius 2 is 1.32 bits per heavy atom. The van der Waals surface area contributed by atoms with Crippen molar-refractivity contribution < 1.29 is 14.4 Å². The lowest BCUT2D eigenvalue weighted by Crippen LogP contribution is -2.50. The third-order valence-electron chi connectivity index (χ3n) is 5.71. The van der Waals surface area contributed by atoms with Crippen LogP contribution in [0.1, 0.15) is 39.1 Å². The van der Waals surface area contributed by atoms with Gasteiger partial charge >= 0.3 is 0 Å². The smallest absolute Gasteiger partial charge is 0.254 e. The van der Waals surface area contributed by atoms with Gasteiger partial charge in [0.05, 0.1) is 0 Å². The van der Waals surface area contributed by atoms with Crippen molar-refractivity contribution in [2.75, 3.05) is 32.7 Å². The highest BCUT2D eigenvalue weighted by Crippen LogP contribution is 2.21. The fraction of sp³-hybridized carbons (Fsp3) is 0.348. The van der Waals surface area contributed by atoms with Crippen molar-refractivity contribution in [2.45, 2.75) is 19.4 Å². The Kier molecular flexibility index (Phi) is 6.49. The van der Waals surface area contributed by atoms with E-state index in [-0.39, 0.29) is 17.7 Å². The SMILES string of the molecule is O=C1CCCN1Cc1ccc(C(=O)N2CCN(C(=O)c3cc(Cl)cc(Cl)c3)CC2)cc1. The van der Waals surface area contributed by atoms with Crippen molar-refractivity contribution in [3.8, 4) is 0 Å². The molecule has 8 heteroatoms. The molecule has 2 aromatic carbocycles. The van der Waals surface area contributed by atoms with E-state index in [1.54, 1.807) is 28.0 Å². The molecule has 162 valence electrons. The average Bonchev–Trinajstić information content (AvgIpc) is 3.17. The molecule has 2 heterocycles. The van der Waals surface area contributed by atoms with Gasteiger partial charge in [-0.25, -0.2) is 0 Å². The summed E-state index contributed by atoms with van der Waals surface area (Å²) in [5.74, 6) is -0.00775. The van der Waals surface area contributed by atoms with Crippen LogP contribution in [0.3, 0.4) is 0 Å². The molecule has 0 radical (unpaired) electrons. The van der Waals surface area contributed by atoms with Gasteiger partial charge in [0.2, 0.25) is 5.91 Å². The first kappa shape index (κ1) is 21.7. The maximum absolute atomic E-state index is 12.9. The predicted octanol–water partition coefficient (Wildman–Crippen LogP) is 3.71. The average molecular weight is 460 g/mol. The topological polar surface area (TPSA) is 60.9 Å². The van der Waals surface area contributed by atoms with Gasteiger partial charge in [-0.05, 0) is 42.3 Å². The molecule has 0 N–H and O–H groups in total. The summed E-state index contributed by atoms with van der Waals surface area (Å²) in [4.78, 5) is 42.7. The minimum Gasteiger partial charge on any atom is -0.338 e. The van der Waals surface area contributed by atoms with E-state index in [0.717, 1.165) is 18.5 Å². The molecule has 2 fully saturated rings. The number of piperazine rings is 1. The van der Waals surface area contributed by atoms with Gasteiger partial charge in [0.25, 0.3) is 11.8 Å². The van der Waals surface area contributed by atoms with Crippen molar-refractivity contribution in [1.29, 1.82) is 0 Å². The highest BCUT2D eigenvalue weighted by atomic mass is 35.5. The van der Waals surface area contributed by atoms with Crippen LogP contribution in [0.4, 0.5) is 0 Å². The van der Waals surface area contributed by atoms with E-state index in [2.05, 4.69) is 0 Å². The van der Waals surface area contributed by atoms with Crippen LogP contribution >= 0.6 is 23.2 Å². The maximum Gasteiger partial charge on any atom is 0.254 e. The van der Waals surface area contributed by atoms with E-state index in [9.17, 15) is 14.4 Å². The van der Waals surface area contributed by atoms with Gasteiger partial charge in [-0.3, -0.25) is 14.4 Å². The molecular weight excluding hydrogens is 437 g/mol. The summed E-state index contributed by atoms with van der Waals surface area (Å²) in [6, 6.07) is 12.2. The molecule has 31 heavy (non-hydrogen) atoms. The Hall–Kier alpha value is -2.57. The van der Waals surface area contributed by atoms with E-state index in [1.807, 2.05) is 29.2 Å². The molecule has 2 aromatic rings. The second kappa shape index (κ2) is 9.28. The largest absolute Gasteiger partial charge is 0.338 e. The molecule has 0 saturated carbocycles. The normalized spacial score (nSPS) is 16.7. The van der Waals surface area contributed by atoms with Crippen LogP contribution in [-0.2, 0) is 11.3 Å². The van der Waals surface area contributed by atoms with Gasteiger partial charge in [-0.2, -0.15) is 0 Å². The zero-order chi connectivity index (χ0) is 22.0. The molecule has 0 aliphatic carbocycles. The molecule has 0 bridgehead atoms. The van der Waals surface area contributed by atoms with Crippen molar-refractivity contribution in [2.24, 2.45) is 0 Å². The van der Waals surface area contributed by atoms with Crippen LogP contribution in [0.25, 0.3) is 0 Å². The fourth-order valence-electron chi connectivity index (χ4n) is 4.00. The Labute approximate surface area is 191 Å². The van der Waals surface area contributed by atoms with Gasteiger partial charge in [-0.15, -0.1) is 0 Å². The minimum absolute atomic E-state index is 0.0540. The van der Waals surface area contributed by atoms with Crippen molar-refractivity contribution in [1.82, 2.24) is 14.7 Å². The van der Waals surface area contributed by atoms with E-state index < -0.39 is 0 Å². The van der Waals surface area contributed by atoms with Gasteiger partial charge in [-0.1, -0.05) is 35.3 Å². The van der Waals surface area contributed by atoms with Crippen LogP contribution in [0.5, 0.6) is 0 Å². The van der Waals surface area contributed by atoms with E-state index >= 15 is 0 Å². The van der Waals surface area contributed by atoms with Crippen LogP contribution in [0, 0.1) is 0 Å². The van der Waals surface area contributed by atoms with E-state index in [4.69, 9.17) is 23.2 Å². The van der Waals surface area contributed by atoms with Gasteiger partial charge in [0, 0.05) is 66.9 Å². The van der Waals surface area contributed by atoms with Crippen molar-refractivity contribution >= 4 is 40.9 Å². The molecule has 0 unspecified atom stereocenters. The first-order valence-electron chi connectivity index (χ1n) is 10.3. The first-order chi connectivity index (χ1) is 14.9. The number of carbonyl (C=O) groups is 3. The van der Waals surface area contributed by atoms with Crippen LogP contribution < -0.4 is 0 Å². The fourth-order valence-corrected chi connectivity index (χ4v) is 4.53. The van der Waals surface area contributed by atoms with Gasteiger partial charge in [0.15, 0.2) is 0 Å². The number of likely N-dealkylation sites (tertiary alicyclic amines) is 1. The Bertz CT molecular complexity index is 981. The summed E-state index contributed by atoms with van der Waals surface area (Å²) < 4.78 is 0. The zero-order valence-corrected chi connectivity index (χ0v) is 18.5. The van der Waals surface area contributed by atoms with Crippen molar-refractivity contribution in [3.05, 3.63) is 69.2 Å². The molecule has 3 amide bonds. The van der Waals surface area contributed by atoms with Crippen LogP contribution in [-0.4, -0.2) is 65.1 Å². The monoisotopic (exact) mass is 459 g/mol. The molecule has 0 aromatic heterocycles. The summed E-state index contributed by atoms with van der Waals surface area (Å²) in [7, 11) is 0. The summed E-state index contributed by atoms with van der Waals surface area (Å²) >= 11 is 12.0. The summed E-state index contributed by atoms with van der Waals surface area (Å²) in [5, 5.41) is 0.837. The van der Waals surface area contributed by atoms with E-state index in [1.165, 1.54) is 0 Å². The molecule has 6 nitrogen and oxygen atoms in total. The molecule has 0 atom stereocenters. The maximum atomic E-state index is 12.9. The first-order valence-corrected chi connectivity index (χ1v) is 11.1. The lowest BCUT2D eigenvalue weighted by atomic mass is 10.1. The molecule has 2 aliphatic rings. The number of benzene rings is 2. The number of hydrogen-bond acceptors (Lipinski definition) is 3. The Balaban J connectivity index is 1.33. The highest BCUT2D eigenvalue weighted by molar-refractivity contribution is 6.35. The van der Waals surface area contributed by atoms with Crippen LogP contribution in [0.15, 0.2) is 42.5 Å². The second-order valence-corrected chi connectivity index (χ2v) is 8.73. The lowest BCUT2D eigenvalue weighted by Gasteiger charge is -2.35. The van der Waals surface area contributed by atoms with E-state index in [0.29, 0.717) is 60.3 Å². The second-order valence-electron chi connectivity index (χ2n) is 7.86. The summed E-state index contributed by atoms with van der Waals surface area (Å²) in [6.07, 6.45) is 1.53. The number of hydrogen-bond donors (Lipinski definition) is 0. The molecule has 2 saturated heterocycles. The molecule has 2 aliphatic heterocycles.